The maximum absolute atomic E-state index is 10.9. The molecule has 2 atom stereocenters. The van der Waals surface area contributed by atoms with Gasteiger partial charge in [-0.3, -0.25) is 0 Å². The van der Waals surface area contributed by atoms with Gasteiger partial charge in [-0.25, -0.2) is 4.79 Å². The van der Waals surface area contributed by atoms with Crippen molar-refractivity contribution in [3.63, 3.8) is 0 Å². The molecule has 1 saturated heterocycles. The van der Waals surface area contributed by atoms with Crippen molar-refractivity contribution >= 4 is 6.09 Å². The lowest BCUT2D eigenvalue weighted by atomic mass is 9.96. The highest BCUT2D eigenvalue weighted by molar-refractivity contribution is 5.70. The van der Waals surface area contributed by atoms with Crippen LogP contribution in [0.3, 0.4) is 0 Å². The second-order valence-corrected chi connectivity index (χ2v) is 3.59. The first-order valence-corrected chi connectivity index (χ1v) is 4.15. The minimum Gasteiger partial charge on any atom is -0.440 e. The minimum atomic E-state index is -0.332. The van der Waals surface area contributed by atoms with Crippen LogP contribution in [0.1, 0.15) is 20.8 Å². The maximum atomic E-state index is 10.9. The summed E-state index contributed by atoms with van der Waals surface area (Å²) in [6, 6.07) is 0.0787. The van der Waals surface area contributed by atoms with Crippen molar-refractivity contribution in [3.05, 3.63) is 12.2 Å². The molecule has 1 N–H and O–H groups in total. The van der Waals surface area contributed by atoms with E-state index in [1.54, 1.807) is 0 Å². The van der Waals surface area contributed by atoms with E-state index < -0.39 is 0 Å². The molecule has 68 valence electrons. The van der Waals surface area contributed by atoms with Gasteiger partial charge in [-0.15, -0.1) is 0 Å². The Morgan fingerprint density at radius 2 is 2.25 bits per heavy atom. The van der Waals surface area contributed by atoms with Crippen molar-refractivity contribution in [1.82, 2.24) is 5.32 Å². The molecule has 1 aliphatic rings. The number of hydrogen-bond donors (Lipinski definition) is 1. The third kappa shape index (κ3) is 1.60. The van der Waals surface area contributed by atoms with Gasteiger partial charge in [-0.05, 0) is 18.4 Å². The minimum absolute atomic E-state index is 0.0787. The lowest BCUT2D eigenvalue weighted by Crippen LogP contribution is -2.36. The van der Waals surface area contributed by atoms with E-state index in [9.17, 15) is 4.79 Å². The zero-order valence-electron chi connectivity index (χ0n) is 7.76. The molecular formula is C9H15NO2. The molecule has 0 aromatic heterocycles. The monoisotopic (exact) mass is 169 g/mol. The van der Waals surface area contributed by atoms with Crippen molar-refractivity contribution in [2.24, 2.45) is 5.92 Å². The molecule has 1 rings (SSSR count). The maximum Gasteiger partial charge on any atom is 0.408 e. The van der Waals surface area contributed by atoms with Gasteiger partial charge in [0.15, 0.2) is 0 Å². The Kier molecular flexibility index (Phi) is 2.40. The highest BCUT2D eigenvalue weighted by atomic mass is 16.6. The highest BCUT2D eigenvalue weighted by Gasteiger charge is 2.36. The Morgan fingerprint density at radius 1 is 1.67 bits per heavy atom. The Hall–Kier alpha value is -0.990. The van der Waals surface area contributed by atoms with Gasteiger partial charge in [0, 0.05) is 0 Å². The number of cyclic esters (lactones) is 1. The fourth-order valence-electron chi connectivity index (χ4n) is 1.36. The largest absolute Gasteiger partial charge is 0.440 e. The van der Waals surface area contributed by atoms with Gasteiger partial charge in [0.05, 0.1) is 6.04 Å². The van der Waals surface area contributed by atoms with Crippen LogP contribution in [0.2, 0.25) is 0 Å². The molecule has 1 amide bonds. The first-order valence-electron chi connectivity index (χ1n) is 4.15. The normalized spacial score (nSPS) is 28.5. The Morgan fingerprint density at radius 3 is 2.58 bits per heavy atom. The number of alkyl carbamates (subject to hydrolysis) is 1. The van der Waals surface area contributed by atoms with Crippen molar-refractivity contribution in [3.8, 4) is 0 Å². The first kappa shape index (κ1) is 9.10. The van der Waals surface area contributed by atoms with Crippen molar-refractivity contribution in [2.45, 2.75) is 32.9 Å². The Bertz CT molecular complexity index is 211. The Balaban J connectivity index is 2.72. The molecule has 0 aliphatic carbocycles. The van der Waals surface area contributed by atoms with E-state index in [4.69, 9.17) is 4.74 Å². The van der Waals surface area contributed by atoms with E-state index in [2.05, 4.69) is 25.7 Å². The number of ether oxygens (including phenoxy) is 1. The highest BCUT2D eigenvalue weighted by Crippen LogP contribution is 2.20. The van der Waals surface area contributed by atoms with Gasteiger partial charge in [0.2, 0.25) is 0 Å². The molecule has 1 aliphatic heterocycles. The molecule has 0 unspecified atom stereocenters. The van der Waals surface area contributed by atoms with Crippen LogP contribution in [0.15, 0.2) is 12.2 Å². The summed E-state index contributed by atoms with van der Waals surface area (Å²) in [4.78, 5) is 10.9. The molecule has 0 aromatic carbocycles. The summed E-state index contributed by atoms with van der Waals surface area (Å²) in [5, 5.41) is 2.76. The Labute approximate surface area is 72.8 Å². The number of amides is 1. The third-order valence-corrected chi connectivity index (χ3v) is 2.05. The average molecular weight is 169 g/mol. The quantitative estimate of drug-likeness (QED) is 0.639. The van der Waals surface area contributed by atoms with E-state index in [0.29, 0.717) is 5.92 Å². The van der Waals surface area contributed by atoms with Crippen LogP contribution in [-0.2, 0) is 4.74 Å². The topological polar surface area (TPSA) is 38.3 Å². The van der Waals surface area contributed by atoms with Gasteiger partial charge >= 0.3 is 6.09 Å². The van der Waals surface area contributed by atoms with Crippen LogP contribution >= 0.6 is 0 Å². The lowest BCUT2D eigenvalue weighted by Gasteiger charge is -2.19. The molecule has 12 heavy (non-hydrogen) atoms. The molecule has 0 saturated carbocycles. The van der Waals surface area contributed by atoms with E-state index in [1.807, 2.05) is 6.92 Å². The molecule has 0 radical (unpaired) electrons. The number of carbonyl (C=O) groups excluding carboxylic acids is 1. The number of nitrogens with one attached hydrogen (secondary N) is 1. The lowest BCUT2D eigenvalue weighted by molar-refractivity contribution is 0.144. The molecular weight excluding hydrogens is 154 g/mol. The summed E-state index contributed by atoms with van der Waals surface area (Å²) in [7, 11) is 0. The van der Waals surface area contributed by atoms with Gasteiger partial charge < -0.3 is 10.1 Å². The molecule has 1 fully saturated rings. The van der Waals surface area contributed by atoms with Crippen LogP contribution in [0, 0.1) is 5.92 Å². The number of rotatable bonds is 2. The molecule has 3 heteroatoms. The van der Waals surface area contributed by atoms with E-state index >= 15 is 0 Å². The molecule has 0 aromatic rings. The van der Waals surface area contributed by atoms with E-state index in [0.717, 1.165) is 5.57 Å². The third-order valence-electron chi connectivity index (χ3n) is 2.05. The van der Waals surface area contributed by atoms with Gasteiger partial charge in [0.25, 0.3) is 0 Å². The SMILES string of the molecule is C=C(C)[C@@H]1OC(=O)N[C@H]1C(C)C. The predicted octanol–water partition coefficient (Wildman–Crippen LogP) is 1.70. The van der Waals surface area contributed by atoms with Gasteiger partial charge in [0.1, 0.15) is 6.10 Å². The van der Waals surface area contributed by atoms with Crippen molar-refractivity contribution in [1.29, 1.82) is 0 Å². The van der Waals surface area contributed by atoms with Crippen LogP contribution in [0.5, 0.6) is 0 Å². The first-order chi connectivity index (χ1) is 5.52. The second kappa shape index (κ2) is 3.17. The molecule has 3 nitrogen and oxygen atoms in total. The number of carbonyl (C=O) groups is 1. The summed E-state index contributed by atoms with van der Waals surface area (Å²) in [6.45, 7) is 9.76. The summed E-state index contributed by atoms with van der Waals surface area (Å²) < 4.78 is 5.05. The summed E-state index contributed by atoms with van der Waals surface area (Å²) in [5.41, 5.74) is 0.895. The predicted molar refractivity (Wildman–Crippen MR) is 46.8 cm³/mol. The van der Waals surface area contributed by atoms with Crippen LogP contribution in [0.4, 0.5) is 4.79 Å². The van der Waals surface area contributed by atoms with Crippen LogP contribution in [0.25, 0.3) is 0 Å². The molecule has 0 bridgehead atoms. The van der Waals surface area contributed by atoms with Crippen LogP contribution in [-0.4, -0.2) is 18.2 Å². The summed E-state index contributed by atoms with van der Waals surface area (Å²) in [6.07, 6.45) is -0.487. The van der Waals surface area contributed by atoms with Crippen LogP contribution < -0.4 is 5.32 Å². The summed E-state index contributed by atoms with van der Waals surface area (Å²) >= 11 is 0. The zero-order valence-corrected chi connectivity index (χ0v) is 7.76. The second-order valence-electron chi connectivity index (χ2n) is 3.59. The van der Waals surface area contributed by atoms with E-state index in [-0.39, 0.29) is 18.2 Å². The number of hydrogen-bond acceptors (Lipinski definition) is 2. The standard InChI is InChI=1S/C9H15NO2/c1-5(2)7-8(6(3)4)12-9(11)10-7/h5,7-8H,3H2,1-2,4H3,(H,10,11)/t7-,8-/m0/s1. The van der Waals surface area contributed by atoms with Gasteiger partial charge in [-0.2, -0.15) is 0 Å². The zero-order chi connectivity index (χ0) is 9.30. The smallest absolute Gasteiger partial charge is 0.408 e. The fraction of sp³-hybridized carbons (Fsp3) is 0.667. The van der Waals surface area contributed by atoms with E-state index in [1.165, 1.54) is 0 Å². The van der Waals surface area contributed by atoms with Gasteiger partial charge in [-0.1, -0.05) is 20.4 Å². The fourth-order valence-corrected chi connectivity index (χ4v) is 1.36. The van der Waals surface area contributed by atoms with Crippen molar-refractivity contribution in [2.75, 3.05) is 0 Å². The average Bonchev–Trinajstić information content (AvgIpc) is 2.31. The molecule has 1 heterocycles. The summed E-state index contributed by atoms with van der Waals surface area (Å²) in [5.74, 6) is 0.373. The molecule has 0 spiro atoms. The van der Waals surface area contributed by atoms with Crippen molar-refractivity contribution < 1.29 is 9.53 Å².